The van der Waals surface area contributed by atoms with E-state index >= 15 is 0 Å². The van der Waals surface area contributed by atoms with Gasteiger partial charge >= 0.3 is 0 Å². The van der Waals surface area contributed by atoms with Gasteiger partial charge in [0.05, 0.1) is 4.92 Å². The quantitative estimate of drug-likeness (QED) is 0.489. The van der Waals surface area contributed by atoms with Crippen molar-refractivity contribution in [1.82, 2.24) is 9.97 Å². The lowest BCUT2D eigenvalue weighted by Gasteiger charge is -2.09. The number of hydrogen-bond acceptors (Lipinski definition) is 5. The normalized spacial score (nSPS) is 10.4. The van der Waals surface area contributed by atoms with Crippen molar-refractivity contribution in [3.05, 3.63) is 50.4 Å². The van der Waals surface area contributed by atoms with Crippen LogP contribution in [0.5, 0.6) is 11.6 Å². The van der Waals surface area contributed by atoms with E-state index in [0.717, 1.165) is 0 Å². The van der Waals surface area contributed by atoms with E-state index in [9.17, 15) is 10.1 Å². The molecule has 0 bridgehead atoms. The smallest absolute Gasteiger partial charge is 0.272 e. The molecule has 2 rings (SSSR count). The van der Waals surface area contributed by atoms with E-state index in [-0.39, 0.29) is 11.0 Å². The Balaban J connectivity index is 2.39. The van der Waals surface area contributed by atoms with Crippen LogP contribution in [0.15, 0.2) is 18.2 Å². The van der Waals surface area contributed by atoms with Gasteiger partial charge in [-0.05, 0) is 44.0 Å². The van der Waals surface area contributed by atoms with Crippen LogP contribution in [0.25, 0.3) is 0 Å². The molecule has 6 nitrogen and oxygen atoms in total. The van der Waals surface area contributed by atoms with Crippen LogP contribution in [0.1, 0.15) is 16.8 Å². The summed E-state index contributed by atoms with van der Waals surface area (Å²) in [5.41, 5.74) is 1.91. The molecule has 0 saturated heterocycles. The van der Waals surface area contributed by atoms with Crippen LogP contribution in [-0.4, -0.2) is 14.9 Å². The molecule has 20 heavy (non-hydrogen) atoms. The fourth-order valence-electron chi connectivity index (χ4n) is 1.75. The molecule has 1 aromatic heterocycles. The van der Waals surface area contributed by atoms with Gasteiger partial charge in [0.25, 0.3) is 5.69 Å². The molecule has 0 unspecified atom stereocenters. The van der Waals surface area contributed by atoms with Crippen molar-refractivity contribution in [2.45, 2.75) is 20.8 Å². The molecule has 0 aliphatic carbocycles. The molecule has 0 spiro atoms. The first kappa shape index (κ1) is 14.2. The molecule has 0 saturated carbocycles. The summed E-state index contributed by atoms with van der Waals surface area (Å²) < 4.78 is 5.63. The zero-order chi connectivity index (χ0) is 14.9. The minimum Gasteiger partial charge on any atom is -0.439 e. The third kappa shape index (κ3) is 3.03. The molecule has 0 aliphatic heterocycles. The first-order valence-electron chi connectivity index (χ1n) is 5.81. The van der Waals surface area contributed by atoms with Crippen LogP contribution in [-0.2, 0) is 0 Å². The lowest BCUT2D eigenvalue weighted by Crippen LogP contribution is -1.97. The van der Waals surface area contributed by atoms with E-state index in [1.807, 2.05) is 0 Å². The molecule has 2 aromatic rings. The van der Waals surface area contributed by atoms with Crippen molar-refractivity contribution in [3.8, 4) is 11.6 Å². The van der Waals surface area contributed by atoms with Gasteiger partial charge in [0.2, 0.25) is 11.2 Å². The zero-order valence-electron chi connectivity index (χ0n) is 11.2. The Morgan fingerprint density at radius 3 is 2.45 bits per heavy atom. The van der Waals surface area contributed by atoms with Gasteiger partial charge in [0.15, 0.2) is 0 Å². The second kappa shape index (κ2) is 5.42. The lowest BCUT2D eigenvalue weighted by molar-refractivity contribution is -0.385. The highest BCUT2D eigenvalue weighted by molar-refractivity contribution is 6.28. The lowest BCUT2D eigenvalue weighted by atomic mass is 10.1. The van der Waals surface area contributed by atoms with Crippen LogP contribution in [0, 0.1) is 30.9 Å². The first-order chi connectivity index (χ1) is 9.36. The maximum atomic E-state index is 10.9. The fourth-order valence-corrected chi connectivity index (χ4v) is 1.97. The molecular formula is C13H12ClN3O3. The minimum absolute atomic E-state index is 0.0618. The highest BCUT2D eigenvalue weighted by atomic mass is 35.5. The Bertz CT molecular complexity index is 669. The number of rotatable bonds is 3. The summed E-state index contributed by atoms with van der Waals surface area (Å²) >= 11 is 5.76. The molecule has 0 fully saturated rings. The number of benzene rings is 1. The molecule has 0 N–H and O–H groups in total. The maximum absolute atomic E-state index is 10.9. The number of halogens is 1. The molecular weight excluding hydrogens is 282 g/mol. The van der Waals surface area contributed by atoms with E-state index in [1.165, 1.54) is 6.07 Å². The summed E-state index contributed by atoms with van der Waals surface area (Å²) in [7, 11) is 0. The predicted octanol–water partition coefficient (Wildman–Crippen LogP) is 3.76. The fraction of sp³-hybridized carbons (Fsp3) is 0.231. The van der Waals surface area contributed by atoms with Gasteiger partial charge in [-0.25, -0.2) is 4.98 Å². The number of aryl methyl sites for hydroxylation is 3. The van der Waals surface area contributed by atoms with E-state index in [0.29, 0.717) is 28.5 Å². The second-order valence-electron chi connectivity index (χ2n) is 4.38. The van der Waals surface area contributed by atoms with Crippen LogP contribution in [0.2, 0.25) is 5.28 Å². The van der Waals surface area contributed by atoms with Gasteiger partial charge in [-0.1, -0.05) is 0 Å². The summed E-state index contributed by atoms with van der Waals surface area (Å²) in [5, 5.41) is 11.0. The minimum atomic E-state index is -0.419. The molecule has 0 amide bonds. The van der Waals surface area contributed by atoms with Crippen molar-refractivity contribution in [2.24, 2.45) is 0 Å². The predicted molar refractivity (Wildman–Crippen MR) is 74.4 cm³/mol. The van der Waals surface area contributed by atoms with Gasteiger partial charge in [0.1, 0.15) is 5.75 Å². The van der Waals surface area contributed by atoms with Crippen molar-refractivity contribution in [3.63, 3.8) is 0 Å². The number of nitro benzene ring substituents is 1. The van der Waals surface area contributed by atoms with Crippen molar-refractivity contribution in [2.75, 3.05) is 0 Å². The number of nitrogens with zero attached hydrogens (tertiary/aromatic N) is 3. The van der Waals surface area contributed by atoms with E-state index in [2.05, 4.69) is 9.97 Å². The Labute approximate surface area is 120 Å². The SMILES string of the molecule is Cc1cc(Oc2cc(C)c([N+](=O)[O-])cc2C)nc(Cl)n1. The summed E-state index contributed by atoms with van der Waals surface area (Å²) in [4.78, 5) is 18.3. The van der Waals surface area contributed by atoms with Crippen LogP contribution in [0.4, 0.5) is 5.69 Å². The average molecular weight is 294 g/mol. The maximum Gasteiger partial charge on any atom is 0.272 e. The number of hydrogen-bond donors (Lipinski definition) is 0. The monoisotopic (exact) mass is 293 g/mol. The van der Waals surface area contributed by atoms with Gasteiger partial charge in [-0.2, -0.15) is 4.98 Å². The molecule has 1 heterocycles. The van der Waals surface area contributed by atoms with Crippen LogP contribution in [0.3, 0.4) is 0 Å². The van der Waals surface area contributed by atoms with E-state index < -0.39 is 4.92 Å². The van der Waals surface area contributed by atoms with Crippen LogP contribution < -0.4 is 4.74 Å². The Morgan fingerprint density at radius 1 is 1.15 bits per heavy atom. The molecule has 0 radical (unpaired) electrons. The summed E-state index contributed by atoms with van der Waals surface area (Å²) in [6.07, 6.45) is 0. The summed E-state index contributed by atoms with van der Waals surface area (Å²) in [6.45, 7) is 5.16. The average Bonchev–Trinajstić information content (AvgIpc) is 2.31. The second-order valence-corrected chi connectivity index (χ2v) is 4.72. The van der Waals surface area contributed by atoms with Crippen molar-refractivity contribution < 1.29 is 9.66 Å². The van der Waals surface area contributed by atoms with Gasteiger partial charge in [0, 0.05) is 23.4 Å². The molecule has 1 aromatic carbocycles. The Morgan fingerprint density at radius 2 is 1.85 bits per heavy atom. The Kier molecular flexibility index (Phi) is 3.85. The molecule has 104 valence electrons. The number of aromatic nitrogens is 2. The highest BCUT2D eigenvalue weighted by Gasteiger charge is 2.15. The summed E-state index contributed by atoms with van der Waals surface area (Å²) in [6, 6.07) is 4.72. The van der Waals surface area contributed by atoms with Crippen LogP contribution >= 0.6 is 11.6 Å². The Hall–Kier alpha value is -2.21. The number of ether oxygens (including phenoxy) is 1. The standard InChI is InChI=1S/C13H12ClN3O3/c1-7-5-11(8(2)4-10(7)17(18)19)20-12-6-9(3)15-13(14)16-12/h4-6H,1-3H3. The molecule has 0 aliphatic rings. The summed E-state index contributed by atoms with van der Waals surface area (Å²) in [5.74, 6) is 0.807. The van der Waals surface area contributed by atoms with E-state index in [4.69, 9.17) is 16.3 Å². The van der Waals surface area contributed by atoms with Crippen molar-refractivity contribution >= 4 is 17.3 Å². The first-order valence-corrected chi connectivity index (χ1v) is 6.19. The third-order valence-electron chi connectivity index (χ3n) is 2.71. The third-order valence-corrected chi connectivity index (χ3v) is 2.88. The number of nitro groups is 1. The highest BCUT2D eigenvalue weighted by Crippen LogP contribution is 2.30. The molecule has 0 atom stereocenters. The van der Waals surface area contributed by atoms with Gasteiger partial charge < -0.3 is 4.74 Å². The largest absolute Gasteiger partial charge is 0.439 e. The van der Waals surface area contributed by atoms with Gasteiger partial charge in [-0.15, -0.1) is 0 Å². The molecule has 7 heteroatoms. The van der Waals surface area contributed by atoms with E-state index in [1.54, 1.807) is 32.9 Å². The topological polar surface area (TPSA) is 78.2 Å². The zero-order valence-corrected chi connectivity index (χ0v) is 11.9. The van der Waals surface area contributed by atoms with Gasteiger partial charge in [-0.3, -0.25) is 10.1 Å². The van der Waals surface area contributed by atoms with Crippen molar-refractivity contribution in [1.29, 1.82) is 0 Å².